The molecule has 8 nitrogen and oxygen atoms in total. The molecule has 1 aliphatic heterocycles. The second-order valence-corrected chi connectivity index (χ2v) is 11.2. The van der Waals surface area contributed by atoms with Gasteiger partial charge in [0.15, 0.2) is 0 Å². The predicted molar refractivity (Wildman–Crippen MR) is 136 cm³/mol. The van der Waals surface area contributed by atoms with Crippen molar-refractivity contribution in [1.29, 1.82) is 0 Å². The van der Waals surface area contributed by atoms with Crippen molar-refractivity contribution in [2.24, 2.45) is 17.6 Å². The number of thiazole rings is 1. The first-order valence-corrected chi connectivity index (χ1v) is 12.9. The lowest BCUT2D eigenvalue weighted by molar-refractivity contribution is 0.0755. The number of hydrogen-bond acceptors (Lipinski definition) is 8. The number of aromatic nitrogens is 3. The number of halogens is 1. The first kappa shape index (κ1) is 23.7. The molecular formula is C27H26FN5O3S. The summed E-state index contributed by atoms with van der Waals surface area (Å²) in [6.45, 7) is 6.93. The van der Waals surface area contributed by atoms with Crippen LogP contribution in [0.15, 0.2) is 53.3 Å². The molecule has 3 atom stereocenters. The highest BCUT2D eigenvalue weighted by Crippen LogP contribution is 2.48. The van der Waals surface area contributed by atoms with Gasteiger partial charge in [-0.2, -0.15) is 0 Å². The van der Waals surface area contributed by atoms with Gasteiger partial charge in [-0.1, -0.05) is 5.16 Å². The molecule has 0 radical (unpaired) electrons. The number of ether oxygens (including phenoxy) is 1. The molecule has 2 N–H and O–H groups in total. The van der Waals surface area contributed by atoms with E-state index >= 15 is 0 Å². The lowest BCUT2D eigenvalue weighted by Crippen LogP contribution is -2.33. The van der Waals surface area contributed by atoms with Gasteiger partial charge in [0, 0.05) is 48.2 Å². The van der Waals surface area contributed by atoms with E-state index in [1.807, 2.05) is 37.8 Å². The molecular weight excluding hydrogens is 493 g/mol. The monoisotopic (exact) mass is 519 g/mol. The number of nitrogens with two attached hydrogens (primary N) is 1. The molecule has 2 aliphatic rings. The Morgan fingerprint density at radius 2 is 1.86 bits per heavy atom. The zero-order chi connectivity index (χ0) is 25.9. The topological polar surface area (TPSA) is 107 Å². The maximum absolute atomic E-state index is 13.4. The maximum atomic E-state index is 13.4. The Morgan fingerprint density at radius 3 is 2.51 bits per heavy atom. The average molecular weight is 520 g/mol. The zero-order valence-corrected chi connectivity index (χ0v) is 21.5. The minimum absolute atomic E-state index is 0.0120. The van der Waals surface area contributed by atoms with Crippen LogP contribution in [0.25, 0.3) is 22.0 Å². The lowest BCUT2D eigenvalue weighted by atomic mass is 9.95. The highest BCUT2D eigenvalue weighted by molar-refractivity contribution is 7.17. The summed E-state index contributed by atoms with van der Waals surface area (Å²) in [5.74, 6) is 0.668. The summed E-state index contributed by atoms with van der Waals surface area (Å²) in [7, 11) is 0. The molecule has 37 heavy (non-hydrogen) atoms. The van der Waals surface area contributed by atoms with Crippen molar-refractivity contribution < 1.29 is 18.4 Å². The van der Waals surface area contributed by atoms with Gasteiger partial charge in [-0.3, -0.25) is 4.79 Å². The summed E-state index contributed by atoms with van der Waals surface area (Å²) in [6, 6.07) is 11.7. The fraction of sp³-hybridized carbons (Fsp3) is 0.333. The van der Waals surface area contributed by atoms with Crippen molar-refractivity contribution in [3.63, 3.8) is 0 Å². The summed E-state index contributed by atoms with van der Waals surface area (Å²) < 4.78 is 24.7. The number of pyridine rings is 1. The van der Waals surface area contributed by atoms with Gasteiger partial charge in [0.2, 0.25) is 5.88 Å². The summed E-state index contributed by atoms with van der Waals surface area (Å²) in [5.41, 5.74) is 9.45. The number of amides is 1. The molecule has 0 unspecified atom stereocenters. The molecule has 6 rings (SSSR count). The summed E-state index contributed by atoms with van der Waals surface area (Å²) >= 11 is 1.33. The van der Waals surface area contributed by atoms with Crippen molar-refractivity contribution in [2.45, 2.75) is 32.4 Å². The Balaban J connectivity index is 1.16. The van der Waals surface area contributed by atoms with E-state index in [1.54, 1.807) is 18.2 Å². The van der Waals surface area contributed by atoms with Gasteiger partial charge in [0.25, 0.3) is 5.91 Å². The van der Waals surface area contributed by atoms with Crippen molar-refractivity contribution in [3.8, 4) is 27.8 Å². The Labute approximate surface area is 217 Å². The van der Waals surface area contributed by atoms with E-state index in [9.17, 15) is 9.18 Å². The molecule has 2 fully saturated rings. The molecule has 1 saturated heterocycles. The van der Waals surface area contributed by atoms with E-state index in [1.165, 1.54) is 29.7 Å². The molecule has 190 valence electrons. The first-order valence-electron chi connectivity index (χ1n) is 12.1. The van der Waals surface area contributed by atoms with E-state index in [-0.39, 0.29) is 29.7 Å². The fourth-order valence-electron chi connectivity index (χ4n) is 4.83. The Morgan fingerprint density at radius 1 is 1.14 bits per heavy atom. The van der Waals surface area contributed by atoms with Gasteiger partial charge in [-0.25, -0.2) is 14.4 Å². The van der Waals surface area contributed by atoms with Crippen LogP contribution < -0.4 is 10.5 Å². The number of rotatable bonds is 6. The van der Waals surface area contributed by atoms with E-state index in [2.05, 4.69) is 10.1 Å². The summed E-state index contributed by atoms with van der Waals surface area (Å²) in [6.07, 6.45) is 1.48. The number of nitrogens with zero attached hydrogens (tertiary/aromatic N) is 4. The number of benzene rings is 1. The second kappa shape index (κ2) is 8.74. The number of fused-ring (bicyclic) bond motifs is 1. The van der Waals surface area contributed by atoms with Crippen LogP contribution >= 0.6 is 11.3 Å². The minimum Gasteiger partial charge on any atom is -0.474 e. The van der Waals surface area contributed by atoms with E-state index in [4.69, 9.17) is 20.0 Å². The van der Waals surface area contributed by atoms with Gasteiger partial charge < -0.3 is 19.9 Å². The van der Waals surface area contributed by atoms with E-state index < -0.39 is 5.54 Å². The third kappa shape index (κ3) is 4.51. The van der Waals surface area contributed by atoms with Crippen molar-refractivity contribution in [2.75, 3.05) is 13.1 Å². The van der Waals surface area contributed by atoms with Gasteiger partial charge >= 0.3 is 0 Å². The van der Waals surface area contributed by atoms with Crippen LogP contribution in [-0.2, 0) is 5.54 Å². The van der Waals surface area contributed by atoms with Crippen LogP contribution in [0.3, 0.4) is 0 Å². The average Bonchev–Trinajstić information content (AvgIpc) is 3.36. The smallest absolute Gasteiger partial charge is 0.265 e. The minimum atomic E-state index is -0.601. The highest BCUT2D eigenvalue weighted by atomic mass is 32.1. The maximum Gasteiger partial charge on any atom is 0.265 e. The van der Waals surface area contributed by atoms with Crippen LogP contribution in [-0.4, -0.2) is 45.1 Å². The number of likely N-dealkylation sites (tertiary alicyclic amines) is 1. The number of carbonyl (C=O) groups excluding carboxylic acids is 1. The van der Waals surface area contributed by atoms with Crippen LogP contribution in [0.4, 0.5) is 4.39 Å². The number of hydrogen-bond donors (Lipinski definition) is 1. The molecule has 1 aliphatic carbocycles. The largest absolute Gasteiger partial charge is 0.474 e. The van der Waals surface area contributed by atoms with Gasteiger partial charge in [0.05, 0.1) is 11.4 Å². The van der Waals surface area contributed by atoms with Crippen molar-refractivity contribution >= 4 is 17.2 Å². The molecule has 4 aromatic rings. The molecule has 0 spiro atoms. The van der Waals surface area contributed by atoms with Gasteiger partial charge in [-0.05, 0) is 56.7 Å². The molecule has 3 aromatic heterocycles. The predicted octanol–water partition coefficient (Wildman–Crippen LogP) is 4.65. The number of aryl methyl sites for hydroxylation is 1. The Hall–Kier alpha value is -3.63. The molecule has 0 bridgehead atoms. The summed E-state index contributed by atoms with van der Waals surface area (Å²) in [5, 5.41) is 4.59. The van der Waals surface area contributed by atoms with Crippen LogP contribution in [0.2, 0.25) is 0 Å². The quantitative estimate of drug-likeness (QED) is 0.395. The van der Waals surface area contributed by atoms with E-state index in [0.717, 1.165) is 11.1 Å². The highest BCUT2D eigenvalue weighted by Gasteiger charge is 2.59. The number of piperidine rings is 1. The van der Waals surface area contributed by atoms with E-state index in [0.29, 0.717) is 45.9 Å². The summed E-state index contributed by atoms with van der Waals surface area (Å²) in [4.78, 5) is 24.9. The third-order valence-corrected chi connectivity index (χ3v) is 8.16. The zero-order valence-electron chi connectivity index (χ0n) is 20.6. The molecule has 10 heteroatoms. The molecule has 1 amide bonds. The Kier molecular flexibility index (Phi) is 5.61. The molecule has 1 saturated carbocycles. The SMILES string of the molecule is Cc1nc(-c2ccon2)sc1C(=O)N1C[C@@H]2[C@H](C1)[C@@H]2Oc1cc(C(C)(C)N)cc(-c2ccc(F)cc2)n1. The van der Waals surface area contributed by atoms with Crippen LogP contribution in [0, 0.1) is 24.6 Å². The van der Waals surface area contributed by atoms with Gasteiger partial charge in [0.1, 0.15) is 33.8 Å². The van der Waals surface area contributed by atoms with Gasteiger partial charge in [-0.15, -0.1) is 11.3 Å². The standard InChI is InChI=1S/C27H26FN5O3S/c1-14-24(37-25(30-14)20-8-9-35-32-20)26(34)33-12-18-19(13-33)23(18)36-22-11-16(27(2,3)29)10-21(31-22)15-4-6-17(28)7-5-15/h4-11,18-19,23H,12-13,29H2,1-3H3/t18-,19+,23-. The second-order valence-electron chi connectivity index (χ2n) is 10.2. The first-order chi connectivity index (χ1) is 17.7. The Bertz CT molecular complexity index is 1450. The lowest BCUT2D eigenvalue weighted by Gasteiger charge is -2.22. The third-order valence-electron chi connectivity index (χ3n) is 6.99. The normalized spacial score (nSPS) is 20.7. The van der Waals surface area contributed by atoms with Crippen LogP contribution in [0.1, 0.15) is 34.8 Å². The number of carbonyl (C=O) groups is 1. The molecule has 1 aromatic carbocycles. The fourth-order valence-corrected chi connectivity index (χ4v) is 5.82. The van der Waals surface area contributed by atoms with Crippen molar-refractivity contribution in [3.05, 3.63) is 70.7 Å². The molecule has 4 heterocycles. The van der Waals surface area contributed by atoms with Crippen LogP contribution in [0.5, 0.6) is 5.88 Å². The van der Waals surface area contributed by atoms with Crippen molar-refractivity contribution in [1.82, 2.24) is 20.0 Å².